The quantitative estimate of drug-likeness (QED) is 0.863. The van der Waals surface area contributed by atoms with Crippen molar-refractivity contribution in [1.29, 1.82) is 5.26 Å². The predicted molar refractivity (Wildman–Crippen MR) is 71.1 cm³/mol. The summed E-state index contributed by atoms with van der Waals surface area (Å²) in [5.74, 6) is -0.454. The molecule has 2 rings (SSSR count). The number of carbonyl (C=O) groups is 1. The van der Waals surface area contributed by atoms with Crippen LogP contribution in [0.15, 0.2) is 39.8 Å². The summed E-state index contributed by atoms with van der Waals surface area (Å²) in [4.78, 5) is 10.7. The molecule has 0 saturated carbocycles. The summed E-state index contributed by atoms with van der Waals surface area (Å²) in [5.41, 5.74) is 2.77. The second-order valence-corrected chi connectivity index (χ2v) is 4.95. The van der Waals surface area contributed by atoms with Crippen LogP contribution in [0.3, 0.4) is 0 Å². The maximum absolute atomic E-state index is 10.7. The lowest BCUT2D eigenvalue weighted by Crippen LogP contribution is -1.91. The van der Waals surface area contributed by atoms with Crippen LogP contribution in [0.25, 0.3) is 0 Å². The Hall–Kier alpha value is -2.19. The highest BCUT2D eigenvalue weighted by atomic mass is 32.2. The molecule has 0 fully saturated rings. The minimum atomic E-state index is -1.07. The SMILES string of the molecule is Cc1cc(C#N)ccc1CSc1ccc(C(=O)O)o1. The average molecular weight is 273 g/mol. The second-order valence-electron chi connectivity index (χ2n) is 3.97. The second kappa shape index (κ2) is 5.63. The van der Waals surface area contributed by atoms with Gasteiger partial charge in [0.25, 0.3) is 0 Å². The van der Waals surface area contributed by atoms with Gasteiger partial charge in [0.05, 0.1) is 11.6 Å². The molecule has 1 aromatic heterocycles. The van der Waals surface area contributed by atoms with Gasteiger partial charge < -0.3 is 9.52 Å². The molecule has 96 valence electrons. The molecule has 0 aliphatic heterocycles. The minimum absolute atomic E-state index is 0.0564. The summed E-state index contributed by atoms with van der Waals surface area (Å²) >= 11 is 1.43. The van der Waals surface area contributed by atoms with Gasteiger partial charge in [0.1, 0.15) is 0 Å². The molecule has 0 aliphatic carbocycles. The van der Waals surface area contributed by atoms with E-state index in [1.54, 1.807) is 12.1 Å². The molecule has 0 atom stereocenters. The molecule has 19 heavy (non-hydrogen) atoms. The van der Waals surface area contributed by atoms with Crippen LogP contribution in [0.2, 0.25) is 0 Å². The first-order chi connectivity index (χ1) is 9.10. The monoisotopic (exact) mass is 273 g/mol. The fourth-order valence-electron chi connectivity index (χ4n) is 1.59. The third kappa shape index (κ3) is 3.18. The standard InChI is InChI=1S/C14H11NO3S/c1-9-6-10(7-15)2-3-11(9)8-19-13-5-4-12(18-13)14(16)17/h2-6H,8H2,1H3,(H,16,17). The molecule has 2 aromatic rings. The lowest BCUT2D eigenvalue weighted by Gasteiger charge is -2.04. The summed E-state index contributed by atoms with van der Waals surface area (Å²) in [5, 5.41) is 18.1. The predicted octanol–water partition coefficient (Wildman–Crippen LogP) is 3.45. The van der Waals surface area contributed by atoms with E-state index in [2.05, 4.69) is 6.07 Å². The van der Waals surface area contributed by atoms with Gasteiger partial charge in [-0.2, -0.15) is 5.26 Å². The van der Waals surface area contributed by atoms with E-state index in [-0.39, 0.29) is 5.76 Å². The number of furan rings is 1. The molecule has 0 spiro atoms. The average Bonchev–Trinajstić information content (AvgIpc) is 2.86. The van der Waals surface area contributed by atoms with Crippen molar-refractivity contribution in [3.8, 4) is 6.07 Å². The molecule has 1 heterocycles. The van der Waals surface area contributed by atoms with Gasteiger partial charge in [-0.25, -0.2) is 4.79 Å². The first-order valence-electron chi connectivity index (χ1n) is 5.55. The molecule has 1 N–H and O–H groups in total. The van der Waals surface area contributed by atoms with Crippen LogP contribution in [0.4, 0.5) is 0 Å². The normalized spacial score (nSPS) is 10.1. The molecule has 4 nitrogen and oxygen atoms in total. The number of aryl methyl sites for hydroxylation is 1. The zero-order chi connectivity index (χ0) is 13.8. The number of hydrogen-bond acceptors (Lipinski definition) is 4. The maximum atomic E-state index is 10.7. The fraction of sp³-hybridized carbons (Fsp3) is 0.143. The van der Waals surface area contributed by atoms with Crippen LogP contribution in [-0.4, -0.2) is 11.1 Å². The van der Waals surface area contributed by atoms with E-state index in [0.717, 1.165) is 11.1 Å². The van der Waals surface area contributed by atoms with Gasteiger partial charge in [0, 0.05) is 5.75 Å². The van der Waals surface area contributed by atoms with Crippen molar-refractivity contribution in [1.82, 2.24) is 0 Å². The van der Waals surface area contributed by atoms with Gasteiger partial charge in [-0.05, 0) is 42.3 Å². The summed E-state index contributed by atoms with van der Waals surface area (Å²) < 4.78 is 5.16. The van der Waals surface area contributed by atoms with Crippen molar-refractivity contribution in [2.45, 2.75) is 17.8 Å². The Labute approximate surface area is 114 Å². The van der Waals surface area contributed by atoms with Gasteiger partial charge in [-0.1, -0.05) is 17.8 Å². The molecular formula is C14H11NO3S. The number of nitrogens with zero attached hydrogens (tertiary/aromatic N) is 1. The summed E-state index contributed by atoms with van der Waals surface area (Å²) in [6.45, 7) is 1.95. The number of carboxylic acids is 1. The number of rotatable bonds is 4. The Morgan fingerprint density at radius 1 is 1.42 bits per heavy atom. The number of nitriles is 1. The molecule has 0 bridgehead atoms. The summed E-state index contributed by atoms with van der Waals surface area (Å²) in [7, 11) is 0. The number of aromatic carboxylic acids is 1. The molecule has 0 saturated heterocycles. The Kier molecular flexibility index (Phi) is 3.93. The number of hydrogen-bond donors (Lipinski definition) is 1. The number of carboxylic acid groups (broad SMARTS) is 1. The third-order valence-electron chi connectivity index (χ3n) is 2.63. The molecule has 0 amide bonds. The van der Waals surface area contributed by atoms with Crippen molar-refractivity contribution in [3.05, 3.63) is 52.8 Å². The van der Waals surface area contributed by atoms with Crippen molar-refractivity contribution in [3.63, 3.8) is 0 Å². The molecular weight excluding hydrogens is 262 g/mol. The molecule has 1 aromatic carbocycles. The van der Waals surface area contributed by atoms with Gasteiger partial charge in [0.2, 0.25) is 5.76 Å². The van der Waals surface area contributed by atoms with Gasteiger partial charge in [-0.15, -0.1) is 0 Å². The van der Waals surface area contributed by atoms with Crippen LogP contribution in [0, 0.1) is 18.3 Å². The van der Waals surface area contributed by atoms with Crippen LogP contribution < -0.4 is 0 Å². The lowest BCUT2D eigenvalue weighted by molar-refractivity contribution is 0.0656. The van der Waals surface area contributed by atoms with Crippen LogP contribution in [0.5, 0.6) is 0 Å². The smallest absolute Gasteiger partial charge is 0.371 e. The van der Waals surface area contributed by atoms with E-state index in [4.69, 9.17) is 14.8 Å². The zero-order valence-electron chi connectivity index (χ0n) is 10.2. The largest absolute Gasteiger partial charge is 0.475 e. The highest BCUT2D eigenvalue weighted by Gasteiger charge is 2.09. The van der Waals surface area contributed by atoms with E-state index < -0.39 is 5.97 Å². The van der Waals surface area contributed by atoms with Crippen LogP contribution >= 0.6 is 11.8 Å². The first kappa shape index (κ1) is 13.2. The number of thioether (sulfide) groups is 1. The van der Waals surface area contributed by atoms with E-state index in [1.165, 1.54) is 17.8 Å². The highest BCUT2D eigenvalue weighted by Crippen LogP contribution is 2.26. The van der Waals surface area contributed by atoms with Gasteiger partial charge >= 0.3 is 5.97 Å². The Bertz CT molecular complexity index is 655. The number of benzene rings is 1. The summed E-state index contributed by atoms with van der Waals surface area (Å²) in [6.07, 6.45) is 0. The van der Waals surface area contributed by atoms with Gasteiger partial charge in [-0.3, -0.25) is 0 Å². The molecule has 5 heteroatoms. The van der Waals surface area contributed by atoms with E-state index in [9.17, 15) is 4.79 Å². The highest BCUT2D eigenvalue weighted by molar-refractivity contribution is 7.98. The Balaban J connectivity index is 2.06. The van der Waals surface area contributed by atoms with Crippen molar-refractivity contribution < 1.29 is 14.3 Å². The van der Waals surface area contributed by atoms with Crippen LogP contribution in [0.1, 0.15) is 27.2 Å². The van der Waals surface area contributed by atoms with Crippen LogP contribution in [-0.2, 0) is 5.75 Å². The maximum Gasteiger partial charge on any atom is 0.371 e. The van der Waals surface area contributed by atoms with Crippen molar-refractivity contribution in [2.24, 2.45) is 0 Å². The van der Waals surface area contributed by atoms with Crippen molar-refractivity contribution >= 4 is 17.7 Å². The third-order valence-corrected chi connectivity index (χ3v) is 3.59. The van der Waals surface area contributed by atoms with Gasteiger partial charge in [0.15, 0.2) is 5.09 Å². The molecule has 0 unspecified atom stereocenters. The summed E-state index contributed by atoms with van der Waals surface area (Å²) in [6, 6.07) is 10.7. The van der Waals surface area contributed by atoms with Crippen molar-refractivity contribution in [2.75, 3.05) is 0 Å². The van der Waals surface area contributed by atoms with E-state index in [0.29, 0.717) is 16.4 Å². The zero-order valence-corrected chi connectivity index (χ0v) is 11.0. The minimum Gasteiger partial charge on any atom is -0.475 e. The lowest BCUT2D eigenvalue weighted by atomic mass is 10.1. The van der Waals surface area contributed by atoms with E-state index in [1.807, 2.05) is 19.1 Å². The molecule has 0 aliphatic rings. The molecule has 0 radical (unpaired) electrons. The Morgan fingerprint density at radius 2 is 2.21 bits per heavy atom. The topological polar surface area (TPSA) is 74.2 Å². The first-order valence-corrected chi connectivity index (χ1v) is 6.54. The fourth-order valence-corrected chi connectivity index (χ4v) is 2.52. The van der Waals surface area contributed by atoms with E-state index >= 15 is 0 Å². The Morgan fingerprint density at radius 3 is 2.79 bits per heavy atom.